The van der Waals surface area contributed by atoms with Gasteiger partial charge in [0.2, 0.25) is 0 Å². The lowest BCUT2D eigenvalue weighted by molar-refractivity contribution is -0.142. The van der Waals surface area contributed by atoms with E-state index in [-0.39, 0.29) is 23.1 Å². The van der Waals surface area contributed by atoms with Crippen LogP contribution < -0.4 is 4.74 Å². The van der Waals surface area contributed by atoms with E-state index in [1.807, 2.05) is 36.4 Å². The largest absolute Gasteiger partial charge is 0.497 e. The van der Waals surface area contributed by atoms with Crippen LogP contribution in [0.25, 0.3) is 16.9 Å². The fourth-order valence-electron chi connectivity index (χ4n) is 5.42. The number of amides is 1. The highest BCUT2D eigenvalue weighted by atomic mass is 19.4. The maximum atomic E-state index is 14.1. The number of ether oxygens (including phenoxy) is 1. The summed E-state index contributed by atoms with van der Waals surface area (Å²) >= 11 is 0. The van der Waals surface area contributed by atoms with Crippen molar-refractivity contribution < 1.29 is 22.7 Å². The normalized spacial score (nSPS) is 14.5. The zero-order chi connectivity index (χ0) is 29.3. The number of piperazine rings is 1. The van der Waals surface area contributed by atoms with E-state index in [0.717, 1.165) is 17.2 Å². The standard InChI is InChI=1S/C32H28F3N5O2/c1-42-25-14-12-22(13-15-25)26-20-28(32(33,34)35)40-29(36-26)21-27(37-40)31(41)39-18-16-38(17-19-39)30(23-8-4-2-5-9-23)24-10-6-3-7-11-24/h2-15,20-21,30H,16-19H2,1H3. The Morgan fingerprint density at radius 1 is 0.833 bits per heavy atom. The quantitative estimate of drug-likeness (QED) is 0.251. The summed E-state index contributed by atoms with van der Waals surface area (Å²) in [5.74, 6) is 0.155. The summed E-state index contributed by atoms with van der Waals surface area (Å²) < 4.78 is 48.1. The molecule has 1 saturated heterocycles. The van der Waals surface area contributed by atoms with Crippen molar-refractivity contribution in [3.63, 3.8) is 0 Å². The first-order valence-corrected chi connectivity index (χ1v) is 13.6. The molecule has 0 N–H and O–H groups in total. The Bertz CT molecular complexity index is 1640. The van der Waals surface area contributed by atoms with Crippen LogP contribution in [-0.2, 0) is 6.18 Å². The van der Waals surface area contributed by atoms with Gasteiger partial charge in [-0.25, -0.2) is 9.50 Å². The Kier molecular flexibility index (Phi) is 7.38. The first-order chi connectivity index (χ1) is 20.3. The molecular weight excluding hydrogens is 543 g/mol. The Labute approximate surface area is 240 Å². The molecule has 42 heavy (non-hydrogen) atoms. The number of carbonyl (C=O) groups is 1. The van der Waals surface area contributed by atoms with Gasteiger partial charge < -0.3 is 9.64 Å². The molecule has 7 nitrogen and oxygen atoms in total. The number of carbonyl (C=O) groups excluding carboxylic acids is 1. The number of alkyl halides is 3. The molecule has 1 amide bonds. The molecule has 0 atom stereocenters. The van der Waals surface area contributed by atoms with Gasteiger partial charge in [0.25, 0.3) is 5.91 Å². The summed E-state index contributed by atoms with van der Waals surface area (Å²) in [6.07, 6.45) is -4.70. The van der Waals surface area contributed by atoms with Crippen LogP contribution in [-0.4, -0.2) is 63.6 Å². The number of hydrogen-bond acceptors (Lipinski definition) is 5. The van der Waals surface area contributed by atoms with Crippen LogP contribution in [0.1, 0.15) is 33.4 Å². The van der Waals surface area contributed by atoms with E-state index in [2.05, 4.69) is 39.2 Å². The second-order valence-electron chi connectivity index (χ2n) is 10.1. The number of methoxy groups -OCH3 is 1. The molecule has 2 aromatic heterocycles. The third-order valence-corrected chi connectivity index (χ3v) is 7.52. The van der Waals surface area contributed by atoms with E-state index in [4.69, 9.17) is 4.74 Å². The van der Waals surface area contributed by atoms with Gasteiger partial charge in [0.1, 0.15) is 5.75 Å². The molecule has 1 aliphatic heterocycles. The Morgan fingerprint density at radius 3 is 1.98 bits per heavy atom. The highest BCUT2D eigenvalue weighted by Crippen LogP contribution is 2.33. The number of halogens is 3. The van der Waals surface area contributed by atoms with Crippen LogP contribution in [0.2, 0.25) is 0 Å². The topological polar surface area (TPSA) is 63.0 Å². The molecule has 0 radical (unpaired) electrons. The lowest BCUT2D eigenvalue weighted by atomic mass is 9.96. The lowest BCUT2D eigenvalue weighted by Gasteiger charge is -2.39. The summed E-state index contributed by atoms with van der Waals surface area (Å²) in [7, 11) is 1.51. The molecule has 1 aliphatic rings. The summed E-state index contributed by atoms with van der Waals surface area (Å²) in [5, 5.41) is 4.08. The average Bonchev–Trinajstić information content (AvgIpc) is 3.46. The van der Waals surface area contributed by atoms with Gasteiger partial charge >= 0.3 is 6.18 Å². The van der Waals surface area contributed by atoms with Crippen molar-refractivity contribution in [1.82, 2.24) is 24.4 Å². The van der Waals surface area contributed by atoms with Crippen molar-refractivity contribution in [2.75, 3.05) is 33.3 Å². The second kappa shape index (κ2) is 11.3. The third-order valence-electron chi connectivity index (χ3n) is 7.52. The molecule has 10 heteroatoms. The number of nitrogens with zero attached hydrogens (tertiary/aromatic N) is 5. The van der Waals surface area contributed by atoms with Crippen LogP contribution in [0, 0.1) is 0 Å². The first-order valence-electron chi connectivity index (χ1n) is 13.6. The second-order valence-corrected chi connectivity index (χ2v) is 10.1. The van der Waals surface area contributed by atoms with E-state index in [1.54, 1.807) is 29.2 Å². The monoisotopic (exact) mass is 571 g/mol. The molecule has 0 saturated carbocycles. The Hall–Kier alpha value is -4.70. The first kappa shape index (κ1) is 27.5. The summed E-state index contributed by atoms with van der Waals surface area (Å²) in [5.41, 5.74) is 1.79. The smallest absolute Gasteiger partial charge is 0.433 e. The van der Waals surface area contributed by atoms with Crippen LogP contribution in [0.3, 0.4) is 0 Å². The molecule has 0 bridgehead atoms. The lowest BCUT2D eigenvalue weighted by Crippen LogP contribution is -2.50. The predicted octanol–water partition coefficient (Wildman–Crippen LogP) is 5.97. The van der Waals surface area contributed by atoms with Crippen LogP contribution in [0.5, 0.6) is 5.75 Å². The number of hydrogen-bond donors (Lipinski definition) is 0. The maximum absolute atomic E-state index is 14.1. The maximum Gasteiger partial charge on any atom is 0.433 e. The van der Waals surface area contributed by atoms with Gasteiger partial charge in [0.15, 0.2) is 17.0 Å². The van der Waals surface area contributed by atoms with Crippen LogP contribution in [0.15, 0.2) is 97.1 Å². The minimum Gasteiger partial charge on any atom is -0.497 e. The Balaban J connectivity index is 1.25. The number of aromatic nitrogens is 3. The Morgan fingerprint density at radius 2 is 1.43 bits per heavy atom. The highest BCUT2D eigenvalue weighted by molar-refractivity contribution is 5.93. The van der Waals surface area contributed by atoms with E-state index >= 15 is 0 Å². The van der Waals surface area contributed by atoms with Crippen molar-refractivity contribution in [3.05, 3.63) is 120 Å². The number of rotatable bonds is 6. The van der Waals surface area contributed by atoms with E-state index < -0.39 is 17.8 Å². The van der Waals surface area contributed by atoms with Gasteiger partial charge in [0.05, 0.1) is 18.8 Å². The SMILES string of the molecule is COc1ccc(-c2cc(C(F)(F)F)n3nc(C(=O)N4CCN(C(c5ccccc5)c5ccccc5)CC4)cc3n2)cc1. The van der Waals surface area contributed by atoms with Gasteiger partial charge in [-0.3, -0.25) is 9.69 Å². The molecule has 0 unspecified atom stereocenters. The number of fused-ring (bicyclic) bond motifs is 1. The molecule has 1 fully saturated rings. The van der Waals surface area contributed by atoms with E-state index in [9.17, 15) is 18.0 Å². The van der Waals surface area contributed by atoms with E-state index in [0.29, 0.717) is 42.0 Å². The fourth-order valence-corrected chi connectivity index (χ4v) is 5.42. The van der Waals surface area contributed by atoms with Gasteiger partial charge in [0, 0.05) is 37.8 Å². The van der Waals surface area contributed by atoms with Crippen molar-refractivity contribution in [2.24, 2.45) is 0 Å². The van der Waals surface area contributed by atoms with Gasteiger partial charge in [-0.1, -0.05) is 60.7 Å². The molecular formula is C32H28F3N5O2. The molecule has 3 heterocycles. The summed E-state index contributed by atoms with van der Waals surface area (Å²) in [4.78, 5) is 21.9. The van der Waals surface area contributed by atoms with Gasteiger partial charge in [-0.2, -0.15) is 18.3 Å². The minimum atomic E-state index is -4.70. The van der Waals surface area contributed by atoms with Crippen LogP contribution >= 0.6 is 0 Å². The number of benzene rings is 3. The molecule has 214 valence electrons. The molecule has 0 aliphatic carbocycles. The van der Waals surface area contributed by atoms with Gasteiger partial charge in [-0.15, -0.1) is 0 Å². The van der Waals surface area contributed by atoms with Crippen molar-refractivity contribution in [1.29, 1.82) is 0 Å². The summed E-state index contributed by atoms with van der Waals surface area (Å²) in [6.45, 7) is 2.03. The average molecular weight is 572 g/mol. The van der Waals surface area contributed by atoms with Crippen molar-refractivity contribution in [3.8, 4) is 17.0 Å². The van der Waals surface area contributed by atoms with E-state index in [1.165, 1.54) is 13.2 Å². The summed E-state index contributed by atoms with van der Waals surface area (Å²) in [6, 6.07) is 29.3. The molecule has 3 aromatic carbocycles. The predicted molar refractivity (Wildman–Crippen MR) is 152 cm³/mol. The van der Waals surface area contributed by atoms with Gasteiger partial charge in [-0.05, 0) is 41.5 Å². The fraction of sp³-hybridized carbons (Fsp3) is 0.219. The molecule has 5 aromatic rings. The zero-order valence-corrected chi connectivity index (χ0v) is 22.8. The zero-order valence-electron chi connectivity index (χ0n) is 22.8. The van der Waals surface area contributed by atoms with Crippen molar-refractivity contribution in [2.45, 2.75) is 12.2 Å². The van der Waals surface area contributed by atoms with Crippen molar-refractivity contribution >= 4 is 11.6 Å². The molecule has 6 rings (SSSR count). The minimum absolute atomic E-state index is 0.0229. The molecule has 0 spiro atoms. The third kappa shape index (κ3) is 5.45. The van der Waals surface area contributed by atoms with Crippen LogP contribution in [0.4, 0.5) is 13.2 Å². The highest BCUT2D eigenvalue weighted by Gasteiger charge is 2.36.